The van der Waals surface area contributed by atoms with Gasteiger partial charge in [-0.1, -0.05) is 23.2 Å². The topological polar surface area (TPSA) is 73.2 Å². The minimum absolute atomic E-state index is 0.0342. The molecule has 0 radical (unpaired) electrons. The second-order valence-corrected chi connectivity index (χ2v) is 12.0. The van der Waals surface area contributed by atoms with Crippen molar-refractivity contribution >= 4 is 29.2 Å². The molecule has 2 aliphatic heterocycles. The highest BCUT2D eigenvalue weighted by molar-refractivity contribution is 6.34. The number of rotatable bonds is 9. The third-order valence-electron chi connectivity index (χ3n) is 8.35. The smallest absolute Gasteiger partial charge is 0.321 e. The number of piperidine rings is 1. The number of alkyl halides is 1. The van der Waals surface area contributed by atoms with E-state index in [9.17, 15) is 19.4 Å². The molecule has 3 aliphatic rings. The van der Waals surface area contributed by atoms with Gasteiger partial charge in [0.05, 0.1) is 6.61 Å². The summed E-state index contributed by atoms with van der Waals surface area (Å²) in [5.41, 5.74) is 1.87. The second kappa shape index (κ2) is 11.9. The van der Waals surface area contributed by atoms with Gasteiger partial charge in [-0.2, -0.15) is 0 Å². The first-order valence-electron chi connectivity index (χ1n) is 13.6. The van der Waals surface area contributed by atoms with Gasteiger partial charge in [0.2, 0.25) is 0 Å². The molecular weight excluding hydrogens is 549 g/mol. The Kier molecular flexibility index (Phi) is 8.69. The molecule has 2 N–H and O–H groups in total. The number of ether oxygens (including phenoxy) is 1. The number of nitrogens with zero attached hydrogens (tertiary/aromatic N) is 2. The fourth-order valence-electron chi connectivity index (χ4n) is 5.87. The largest absolute Gasteiger partial charge is 0.493 e. The average molecular weight is 584 g/mol. The van der Waals surface area contributed by atoms with Crippen LogP contribution >= 0.6 is 23.2 Å². The van der Waals surface area contributed by atoms with Gasteiger partial charge < -0.3 is 14.9 Å². The van der Waals surface area contributed by atoms with Gasteiger partial charge in [-0.15, -0.1) is 0 Å². The Bertz CT molecular complexity index is 1190. The van der Waals surface area contributed by atoms with Crippen molar-refractivity contribution in [3.05, 3.63) is 62.9 Å². The van der Waals surface area contributed by atoms with E-state index < -0.39 is 30.2 Å². The van der Waals surface area contributed by atoms with Crippen molar-refractivity contribution in [2.45, 2.75) is 69.4 Å². The minimum Gasteiger partial charge on any atom is -0.493 e. The van der Waals surface area contributed by atoms with Crippen molar-refractivity contribution in [1.82, 2.24) is 9.80 Å². The van der Waals surface area contributed by atoms with Gasteiger partial charge in [0.1, 0.15) is 30.0 Å². The highest BCUT2D eigenvalue weighted by Crippen LogP contribution is 2.46. The van der Waals surface area contributed by atoms with E-state index in [0.29, 0.717) is 28.3 Å². The standard InChI is InChI=1S/C29H34Cl2F2N2O4/c1-16(19-8-20(30)10-21(31)9-19)34-6-4-17(5-7-34)15-39-27-13-25(33)24(12-23(27)18-2-3-18)28(36)35-14-22(32)11-26(35)29(37)38/h8-10,12-13,16-18,22,26,28,36H,2-7,11,14-15H2,1H3,(H,37,38)/t16-,22+,26-,28?/m0/s1. The van der Waals surface area contributed by atoms with Crippen LogP contribution in [0.5, 0.6) is 5.75 Å². The number of carboxylic acids is 1. The number of carbonyl (C=O) groups is 1. The van der Waals surface area contributed by atoms with E-state index in [1.54, 1.807) is 12.1 Å². The molecule has 1 saturated carbocycles. The van der Waals surface area contributed by atoms with Gasteiger partial charge >= 0.3 is 5.97 Å². The van der Waals surface area contributed by atoms with E-state index >= 15 is 4.39 Å². The Balaban J connectivity index is 1.22. The van der Waals surface area contributed by atoms with E-state index in [0.717, 1.165) is 54.8 Å². The molecule has 39 heavy (non-hydrogen) atoms. The van der Waals surface area contributed by atoms with Crippen LogP contribution in [0.15, 0.2) is 30.3 Å². The molecule has 2 aromatic rings. The molecular formula is C29H34Cl2F2N2O4. The van der Waals surface area contributed by atoms with Crippen LogP contribution in [0.2, 0.25) is 10.0 Å². The maximum Gasteiger partial charge on any atom is 0.321 e. The van der Waals surface area contributed by atoms with Crippen LogP contribution in [0.1, 0.15) is 73.9 Å². The van der Waals surface area contributed by atoms with E-state index in [1.807, 2.05) is 12.1 Å². The van der Waals surface area contributed by atoms with Crippen molar-refractivity contribution in [3.8, 4) is 5.75 Å². The third-order valence-corrected chi connectivity index (χ3v) is 8.79. The Labute approximate surface area is 237 Å². The van der Waals surface area contributed by atoms with E-state index in [4.69, 9.17) is 27.9 Å². The lowest BCUT2D eigenvalue weighted by Gasteiger charge is -2.36. The van der Waals surface area contributed by atoms with Crippen LogP contribution < -0.4 is 4.74 Å². The number of hydrogen-bond donors (Lipinski definition) is 2. The number of halogens is 4. The van der Waals surface area contributed by atoms with E-state index in [1.165, 1.54) is 6.07 Å². The molecule has 2 heterocycles. The van der Waals surface area contributed by atoms with Crippen LogP contribution in [0.4, 0.5) is 8.78 Å². The molecule has 5 rings (SSSR count). The molecule has 0 spiro atoms. The summed E-state index contributed by atoms with van der Waals surface area (Å²) >= 11 is 12.4. The Morgan fingerprint density at radius 2 is 1.77 bits per heavy atom. The molecule has 4 atom stereocenters. The van der Waals surface area contributed by atoms with Crippen molar-refractivity contribution in [2.24, 2.45) is 5.92 Å². The molecule has 6 nitrogen and oxygen atoms in total. The summed E-state index contributed by atoms with van der Waals surface area (Å²) in [7, 11) is 0. The van der Waals surface area contributed by atoms with Crippen molar-refractivity contribution in [1.29, 1.82) is 0 Å². The molecule has 212 valence electrons. The number of benzene rings is 2. The Hall–Kier alpha value is -1.97. The predicted octanol–water partition coefficient (Wildman–Crippen LogP) is 6.35. The molecule has 0 bridgehead atoms. The summed E-state index contributed by atoms with van der Waals surface area (Å²) in [4.78, 5) is 15.1. The lowest BCUT2D eigenvalue weighted by atomic mass is 9.95. The van der Waals surface area contributed by atoms with Crippen LogP contribution in [0, 0.1) is 11.7 Å². The van der Waals surface area contributed by atoms with Gasteiger partial charge in [-0.3, -0.25) is 14.6 Å². The van der Waals surface area contributed by atoms with Gasteiger partial charge in [0.15, 0.2) is 0 Å². The van der Waals surface area contributed by atoms with Crippen LogP contribution in [-0.2, 0) is 4.79 Å². The number of carboxylic acid groups (broad SMARTS) is 1. The zero-order chi connectivity index (χ0) is 27.8. The SMILES string of the molecule is C[C@@H](c1cc(Cl)cc(Cl)c1)N1CCC(COc2cc(F)c(C(O)N3C[C@H](F)C[C@H]3C(=O)O)cc2C2CC2)CC1. The summed E-state index contributed by atoms with van der Waals surface area (Å²) in [6.07, 6.45) is 0.602. The molecule has 10 heteroatoms. The minimum atomic E-state index is -1.54. The predicted molar refractivity (Wildman–Crippen MR) is 146 cm³/mol. The summed E-state index contributed by atoms with van der Waals surface area (Å²) < 4.78 is 35.4. The number of hydrogen-bond acceptors (Lipinski definition) is 5. The number of aliphatic hydroxyl groups excluding tert-OH is 1. The summed E-state index contributed by atoms with van der Waals surface area (Å²) in [5, 5.41) is 21.6. The van der Waals surface area contributed by atoms with Crippen molar-refractivity contribution < 1.29 is 28.5 Å². The zero-order valence-electron chi connectivity index (χ0n) is 21.8. The molecule has 3 fully saturated rings. The summed E-state index contributed by atoms with van der Waals surface area (Å²) in [6.45, 7) is 4.14. The van der Waals surface area contributed by atoms with Gasteiger partial charge in [-0.05, 0) is 92.9 Å². The Morgan fingerprint density at radius 1 is 1.10 bits per heavy atom. The summed E-state index contributed by atoms with van der Waals surface area (Å²) in [6, 6.07) is 7.49. The summed E-state index contributed by atoms with van der Waals surface area (Å²) in [5.74, 6) is -0.915. The first kappa shape index (κ1) is 28.6. The molecule has 0 amide bonds. The maximum atomic E-state index is 15.2. The second-order valence-electron chi connectivity index (χ2n) is 11.1. The van der Waals surface area contributed by atoms with Crippen molar-refractivity contribution in [2.75, 3.05) is 26.2 Å². The average Bonchev–Trinajstić information content (AvgIpc) is 3.66. The van der Waals surface area contributed by atoms with Crippen LogP contribution in [0.3, 0.4) is 0 Å². The van der Waals surface area contributed by atoms with Crippen LogP contribution in [-0.4, -0.2) is 64.4 Å². The highest BCUT2D eigenvalue weighted by atomic mass is 35.5. The monoisotopic (exact) mass is 582 g/mol. The van der Waals surface area contributed by atoms with E-state index in [2.05, 4.69) is 11.8 Å². The zero-order valence-corrected chi connectivity index (χ0v) is 23.3. The van der Waals surface area contributed by atoms with E-state index in [-0.39, 0.29) is 30.5 Å². The van der Waals surface area contributed by atoms with Crippen LogP contribution in [0.25, 0.3) is 0 Å². The number of likely N-dealkylation sites (tertiary alicyclic amines) is 2. The normalized spacial score (nSPS) is 24.6. The molecule has 2 saturated heterocycles. The molecule has 2 aromatic carbocycles. The Morgan fingerprint density at radius 3 is 2.38 bits per heavy atom. The lowest BCUT2D eigenvalue weighted by molar-refractivity contribution is -0.146. The first-order chi connectivity index (χ1) is 18.6. The molecule has 1 unspecified atom stereocenters. The van der Waals surface area contributed by atoms with Gasteiger partial charge in [-0.25, -0.2) is 8.78 Å². The number of aliphatic carboxylic acids is 1. The highest BCUT2D eigenvalue weighted by Gasteiger charge is 2.42. The van der Waals surface area contributed by atoms with Crippen molar-refractivity contribution in [3.63, 3.8) is 0 Å². The fourth-order valence-corrected chi connectivity index (χ4v) is 6.41. The van der Waals surface area contributed by atoms with Gasteiger partial charge in [0, 0.05) is 40.7 Å². The molecule has 0 aromatic heterocycles. The quantitative estimate of drug-likeness (QED) is 0.359. The fraction of sp³-hybridized carbons (Fsp3) is 0.552. The lowest BCUT2D eigenvalue weighted by Crippen LogP contribution is -2.39. The molecule has 1 aliphatic carbocycles. The first-order valence-corrected chi connectivity index (χ1v) is 14.3. The van der Waals surface area contributed by atoms with Gasteiger partial charge in [0.25, 0.3) is 0 Å². The third kappa shape index (κ3) is 6.51. The number of aliphatic hydroxyl groups is 1. The maximum absolute atomic E-state index is 15.2.